The average molecular weight is 559 g/mol. The van der Waals surface area contributed by atoms with Gasteiger partial charge in [-0.05, 0) is 55.9 Å². The van der Waals surface area contributed by atoms with Crippen molar-refractivity contribution in [1.82, 2.24) is 34.6 Å². The number of amides is 1. The summed E-state index contributed by atoms with van der Waals surface area (Å²) in [5, 5.41) is 4.38. The number of fused-ring (bicyclic) bond motifs is 6. The standard InChI is InChI=1S/C29H31FN8O3/c1-5-22(39)36-12-13-37(17(4)15-36)26-19-14-20(30)24-28-32-21(35-41-28)9-7-6-8-18-10-11-31-23(16(2)3)25(18)38(27(19)33-24)29(40)34-26/h5,10-11,14,16-17H,1,6-9,12-13,15H2,2-4H3/t17-/m0/s1. The van der Waals surface area contributed by atoms with Gasteiger partial charge in [0.15, 0.2) is 23.0 Å². The Kier molecular flexibility index (Phi) is 6.84. The van der Waals surface area contributed by atoms with Crippen LogP contribution in [0, 0.1) is 5.82 Å². The van der Waals surface area contributed by atoms with Crippen LogP contribution in [0.25, 0.3) is 28.3 Å². The van der Waals surface area contributed by atoms with Crippen molar-refractivity contribution in [3.05, 3.63) is 64.4 Å². The van der Waals surface area contributed by atoms with E-state index in [1.54, 1.807) is 11.1 Å². The normalized spacial score (nSPS) is 17.2. The van der Waals surface area contributed by atoms with Crippen LogP contribution in [-0.4, -0.2) is 66.1 Å². The predicted octanol–water partition coefficient (Wildman–Crippen LogP) is 3.59. The minimum Gasteiger partial charge on any atom is -0.350 e. The van der Waals surface area contributed by atoms with Gasteiger partial charge in [0.1, 0.15) is 5.82 Å². The van der Waals surface area contributed by atoms with Crippen molar-refractivity contribution in [3.63, 3.8) is 0 Å². The molecule has 0 radical (unpaired) electrons. The molecule has 0 saturated carbocycles. The van der Waals surface area contributed by atoms with E-state index in [4.69, 9.17) is 4.52 Å². The predicted molar refractivity (Wildman–Crippen MR) is 150 cm³/mol. The van der Waals surface area contributed by atoms with Crippen LogP contribution in [0.1, 0.15) is 56.6 Å². The van der Waals surface area contributed by atoms with Crippen LogP contribution in [0.3, 0.4) is 0 Å². The van der Waals surface area contributed by atoms with Crippen molar-refractivity contribution in [2.45, 2.75) is 58.4 Å². The number of pyridine rings is 2. The first-order valence-corrected chi connectivity index (χ1v) is 13.9. The summed E-state index contributed by atoms with van der Waals surface area (Å²) in [6.45, 7) is 10.8. The lowest BCUT2D eigenvalue weighted by Gasteiger charge is -2.40. The first kappa shape index (κ1) is 26.7. The first-order valence-electron chi connectivity index (χ1n) is 13.9. The quantitative estimate of drug-likeness (QED) is 0.347. The van der Waals surface area contributed by atoms with Crippen molar-refractivity contribution >= 4 is 22.8 Å². The third-order valence-electron chi connectivity index (χ3n) is 7.76. The van der Waals surface area contributed by atoms with Gasteiger partial charge in [0, 0.05) is 38.3 Å². The molecule has 1 atom stereocenters. The maximum absolute atomic E-state index is 15.8. The smallest absolute Gasteiger partial charge is 0.350 e. The van der Waals surface area contributed by atoms with Crippen LogP contribution in [0.4, 0.5) is 10.2 Å². The molecule has 2 aliphatic heterocycles. The molecule has 6 rings (SSSR count). The summed E-state index contributed by atoms with van der Waals surface area (Å²) in [6, 6.07) is 3.05. The molecule has 6 heterocycles. The number of carbonyl (C=O) groups excluding carboxylic acids is 1. The fraction of sp³-hybridized carbons (Fsp3) is 0.414. The highest BCUT2D eigenvalue weighted by Gasteiger charge is 2.31. The number of hydrogen-bond donors (Lipinski definition) is 0. The Bertz CT molecular complexity index is 1730. The summed E-state index contributed by atoms with van der Waals surface area (Å²) < 4.78 is 22.7. The van der Waals surface area contributed by atoms with E-state index in [9.17, 15) is 9.59 Å². The molecular weight excluding hydrogens is 527 g/mol. The highest BCUT2D eigenvalue weighted by atomic mass is 19.1. The third-order valence-corrected chi connectivity index (χ3v) is 7.76. The third kappa shape index (κ3) is 4.66. The summed E-state index contributed by atoms with van der Waals surface area (Å²) in [5.41, 5.74) is 1.83. The number of aromatic nitrogens is 6. The second-order valence-electron chi connectivity index (χ2n) is 10.9. The monoisotopic (exact) mass is 558 g/mol. The maximum Gasteiger partial charge on any atom is 0.355 e. The van der Waals surface area contributed by atoms with Crippen LogP contribution in [0.5, 0.6) is 0 Å². The number of rotatable bonds is 3. The van der Waals surface area contributed by atoms with E-state index in [0.717, 1.165) is 24.1 Å². The van der Waals surface area contributed by atoms with Gasteiger partial charge in [-0.1, -0.05) is 25.6 Å². The second-order valence-corrected chi connectivity index (χ2v) is 10.9. The van der Waals surface area contributed by atoms with Crippen molar-refractivity contribution in [2.75, 3.05) is 24.5 Å². The average Bonchev–Trinajstić information content (AvgIpc) is 3.43. The maximum atomic E-state index is 15.8. The topological polar surface area (TPSA) is 123 Å². The Morgan fingerprint density at radius 3 is 2.76 bits per heavy atom. The zero-order chi connectivity index (χ0) is 28.8. The van der Waals surface area contributed by atoms with Crippen LogP contribution in [0.2, 0.25) is 0 Å². The Hall–Kier alpha value is -4.48. The molecule has 41 heavy (non-hydrogen) atoms. The van der Waals surface area contributed by atoms with Gasteiger partial charge in [0.2, 0.25) is 5.91 Å². The largest absolute Gasteiger partial charge is 0.355 e. The van der Waals surface area contributed by atoms with E-state index < -0.39 is 11.5 Å². The van der Waals surface area contributed by atoms with E-state index in [1.807, 2.05) is 31.7 Å². The lowest BCUT2D eigenvalue weighted by Crippen LogP contribution is -2.54. The second kappa shape index (κ2) is 10.5. The van der Waals surface area contributed by atoms with E-state index >= 15 is 4.39 Å². The number of carbonyl (C=O) groups is 1. The number of aryl methyl sites for hydroxylation is 2. The number of anilines is 1. The fourth-order valence-electron chi connectivity index (χ4n) is 5.72. The Morgan fingerprint density at radius 1 is 1.20 bits per heavy atom. The lowest BCUT2D eigenvalue weighted by atomic mass is 9.99. The summed E-state index contributed by atoms with van der Waals surface area (Å²) in [4.78, 5) is 48.2. The van der Waals surface area contributed by atoms with Crippen molar-refractivity contribution < 1.29 is 13.7 Å². The molecule has 2 aliphatic rings. The van der Waals surface area contributed by atoms with E-state index in [-0.39, 0.29) is 35.1 Å². The van der Waals surface area contributed by atoms with Gasteiger partial charge < -0.3 is 14.3 Å². The van der Waals surface area contributed by atoms with Crippen LogP contribution < -0.4 is 10.6 Å². The van der Waals surface area contributed by atoms with Gasteiger partial charge in [0.25, 0.3) is 5.89 Å². The Balaban J connectivity index is 1.64. The molecule has 11 nitrogen and oxygen atoms in total. The summed E-state index contributed by atoms with van der Waals surface area (Å²) >= 11 is 0. The first-order chi connectivity index (χ1) is 19.8. The zero-order valence-corrected chi connectivity index (χ0v) is 23.3. The van der Waals surface area contributed by atoms with E-state index in [0.29, 0.717) is 55.2 Å². The van der Waals surface area contributed by atoms with E-state index in [2.05, 4.69) is 31.7 Å². The summed E-state index contributed by atoms with van der Waals surface area (Å²) in [7, 11) is 0. The molecule has 1 saturated heterocycles. The van der Waals surface area contributed by atoms with Gasteiger partial charge in [-0.3, -0.25) is 9.78 Å². The minimum absolute atomic E-state index is 0.00393. The van der Waals surface area contributed by atoms with Crippen LogP contribution in [0.15, 0.2) is 40.3 Å². The molecule has 4 bridgehead atoms. The number of nitrogens with zero attached hydrogens (tertiary/aromatic N) is 8. The van der Waals surface area contributed by atoms with Gasteiger partial charge in [-0.2, -0.15) is 9.97 Å². The molecule has 0 aromatic carbocycles. The summed E-state index contributed by atoms with van der Waals surface area (Å²) in [6.07, 6.45) is 5.90. The zero-order valence-electron chi connectivity index (χ0n) is 23.3. The van der Waals surface area contributed by atoms with E-state index in [1.165, 1.54) is 16.7 Å². The lowest BCUT2D eigenvalue weighted by molar-refractivity contribution is -0.126. The fourth-order valence-corrected chi connectivity index (χ4v) is 5.72. The molecule has 4 aromatic rings. The molecule has 1 amide bonds. The molecule has 0 unspecified atom stereocenters. The number of piperazine rings is 1. The SMILES string of the molecule is C=CC(=O)N1CCN(c2nc(=O)n3c4nc(c(F)cc24)-c2nc(no2)CCCCc2ccnc(C(C)C)c2-3)[C@@H](C)C1. The molecule has 0 N–H and O–H groups in total. The molecule has 12 heteroatoms. The minimum atomic E-state index is -0.667. The van der Waals surface area contributed by atoms with Gasteiger partial charge in [-0.25, -0.2) is 18.7 Å². The Morgan fingerprint density at radius 2 is 2.00 bits per heavy atom. The molecule has 0 spiro atoms. The highest BCUT2D eigenvalue weighted by molar-refractivity contribution is 5.91. The highest BCUT2D eigenvalue weighted by Crippen LogP contribution is 2.34. The van der Waals surface area contributed by atoms with Crippen LogP contribution >= 0.6 is 0 Å². The number of hydrogen-bond acceptors (Lipinski definition) is 9. The molecule has 0 aliphatic carbocycles. The van der Waals surface area contributed by atoms with Crippen molar-refractivity contribution in [3.8, 4) is 17.3 Å². The molecular formula is C29H31FN8O3. The van der Waals surface area contributed by atoms with Crippen molar-refractivity contribution in [2.24, 2.45) is 0 Å². The molecule has 212 valence electrons. The molecule has 4 aromatic heterocycles. The number of halogens is 1. The van der Waals surface area contributed by atoms with Crippen LogP contribution in [-0.2, 0) is 17.6 Å². The van der Waals surface area contributed by atoms with Gasteiger partial charge >= 0.3 is 5.69 Å². The Labute approximate surface area is 235 Å². The van der Waals surface area contributed by atoms with Gasteiger partial charge in [-0.15, -0.1) is 0 Å². The van der Waals surface area contributed by atoms with Crippen molar-refractivity contribution in [1.29, 1.82) is 0 Å². The van der Waals surface area contributed by atoms with Gasteiger partial charge in [0.05, 0.1) is 16.8 Å². The molecule has 1 fully saturated rings. The summed E-state index contributed by atoms with van der Waals surface area (Å²) in [5.74, 6) is -0.0910.